The molecule has 0 saturated heterocycles. The lowest BCUT2D eigenvalue weighted by Crippen LogP contribution is -2.12. The Morgan fingerprint density at radius 2 is 1.71 bits per heavy atom. The average molecular weight is 198 g/mol. The van der Waals surface area contributed by atoms with Crippen molar-refractivity contribution in [3.63, 3.8) is 0 Å². The molecule has 84 valence electrons. The Hall–Kier alpha value is -0.0400. The van der Waals surface area contributed by atoms with Crippen LogP contribution in [0, 0.1) is 11.8 Å². The molecule has 2 unspecified atom stereocenters. The van der Waals surface area contributed by atoms with E-state index in [4.69, 9.17) is 0 Å². The molecule has 0 radical (unpaired) electrons. The Morgan fingerprint density at radius 3 is 2.29 bits per heavy atom. The van der Waals surface area contributed by atoms with Crippen LogP contribution in [0.1, 0.15) is 65.2 Å². The SMILES string of the molecule is CC(O)CCC(C)CC1CCCCC1. The fourth-order valence-electron chi connectivity index (χ4n) is 2.64. The van der Waals surface area contributed by atoms with Gasteiger partial charge >= 0.3 is 0 Å². The molecule has 1 heteroatoms. The van der Waals surface area contributed by atoms with E-state index in [-0.39, 0.29) is 6.10 Å². The molecule has 2 atom stereocenters. The van der Waals surface area contributed by atoms with Gasteiger partial charge in [0.2, 0.25) is 0 Å². The number of aliphatic hydroxyl groups excluding tert-OH is 1. The maximum absolute atomic E-state index is 9.21. The van der Waals surface area contributed by atoms with Gasteiger partial charge in [0.05, 0.1) is 6.10 Å². The standard InChI is InChI=1S/C13H26O/c1-11(8-9-12(2)14)10-13-6-4-3-5-7-13/h11-14H,3-10H2,1-2H3. The zero-order chi connectivity index (χ0) is 10.4. The van der Waals surface area contributed by atoms with E-state index in [1.54, 1.807) is 0 Å². The van der Waals surface area contributed by atoms with Crippen LogP contribution in [0.3, 0.4) is 0 Å². The third-order valence-corrected chi connectivity index (χ3v) is 3.54. The van der Waals surface area contributed by atoms with Crippen molar-refractivity contribution >= 4 is 0 Å². The van der Waals surface area contributed by atoms with Crippen molar-refractivity contribution in [2.45, 2.75) is 71.3 Å². The van der Waals surface area contributed by atoms with Crippen molar-refractivity contribution in [2.75, 3.05) is 0 Å². The third kappa shape index (κ3) is 4.99. The summed E-state index contributed by atoms with van der Waals surface area (Å²) < 4.78 is 0. The maximum Gasteiger partial charge on any atom is 0.0512 e. The average Bonchev–Trinajstić information content (AvgIpc) is 2.16. The van der Waals surface area contributed by atoms with E-state index in [0.29, 0.717) is 0 Å². The second-order valence-electron chi connectivity index (χ2n) is 5.27. The van der Waals surface area contributed by atoms with E-state index in [1.165, 1.54) is 44.9 Å². The topological polar surface area (TPSA) is 20.2 Å². The van der Waals surface area contributed by atoms with Gasteiger partial charge in [-0.25, -0.2) is 0 Å². The summed E-state index contributed by atoms with van der Waals surface area (Å²) in [5.74, 6) is 1.81. The minimum atomic E-state index is -0.108. The molecule has 1 saturated carbocycles. The van der Waals surface area contributed by atoms with Gasteiger partial charge in [-0.15, -0.1) is 0 Å². The van der Waals surface area contributed by atoms with E-state index >= 15 is 0 Å². The predicted octanol–water partition coefficient (Wildman–Crippen LogP) is 3.75. The number of aliphatic hydroxyl groups is 1. The molecule has 1 fully saturated rings. The molecule has 1 aliphatic rings. The van der Waals surface area contributed by atoms with Crippen LogP contribution in [-0.2, 0) is 0 Å². The van der Waals surface area contributed by atoms with Gasteiger partial charge in [0.15, 0.2) is 0 Å². The van der Waals surface area contributed by atoms with Crippen molar-refractivity contribution in [1.29, 1.82) is 0 Å². The van der Waals surface area contributed by atoms with Crippen LogP contribution in [0.2, 0.25) is 0 Å². The molecular formula is C13H26O. The van der Waals surface area contributed by atoms with Crippen LogP contribution >= 0.6 is 0 Å². The smallest absolute Gasteiger partial charge is 0.0512 e. The largest absolute Gasteiger partial charge is 0.393 e. The molecule has 1 rings (SSSR count). The summed E-state index contributed by atoms with van der Waals surface area (Å²) in [6, 6.07) is 0. The van der Waals surface area contributed by atoms with Crippen LogP contribution < -0.4 is 0 Å². The Balaban J connectivity index is 2.09. The highest BCUT2D eigenvalue weighted by Crippen LogP contribution is 2.30. The summed E-state index contributed by atoms with van der Waals surface area (Å²) in [5, 5.41) is 9.21. The molecule has 0 aromatic carbocycles. The summed E-state index contributed by atoms with van der Waals surface area (Å²) in [6.45, 7) is 4.24. The molecule has 0 aromatic heterocycles. The second-order valence-corrected chi connectivity index (χ2v) is 5.27. The Labute approximate surface area is 88.9 Å². The monoisotopic (exact) mass is 198 g/mol. The van der Waals surface area contributed by atoms with E-state index in [9.17, 15) is 5.11 Å². The normalized spacial score (nSPS) is 23.4. The van der Waals surface area contributed by atoms with Crippen LogP contribution in [0.25, 0.3) is 0 Å². The first-order valence-electron chi connectivity index (χ1n) is 6.36. The van der Waals surface area contributed by atoms with Crippen LogP contribution in [0.15, 0.2) is 0 Å². The van der Waals surface area contributed by atoms with Crippen molar-refractivity contribution in [3.05, 3.63) is 0 Å². The van der Waals surface area contributed by atoms with Gasteiger partial charge in [0, 0.05) is 0 Å². The van der Waals surface area contributed by atoms with Gasteiger partial charge < -0.3 is 5.11 Å². The molecule has 0 heterocycles. The maximum atomic E-state index is 9.21. The number of hydrogen-bond acceptors (Lipinski definition) is 1. The molecule has 14 heavy (non-hydrogen) atoms. The van der Waals surface area contributed by atoms with Gasteiger partial charge in [-0.1, -0.05) is 39.0 Å². The first kappa shape index (κ1) is 12.0. The molecule has 1 nitrogen and oxygen atoms in total. The summed E-state index contributed by atoms with van der Waals surface area (Å²) in [6.07, 6.45) is 10.7. The van der Waals surface area contributed by atoms with Gasteiger partial charge in [-0.3, -0.25) is 0 Å². The van der Waals surface area contributed by atoms with Crippen molar-refractivity contribution in [2.24, 2.45) is 11.8 Å². The van der Waals surface area contributed by atoms with E-state index < -0.39 is 0 Å². The second kappa shape index (κ2) is 6.44. The van der Waals surface area contributed by atoms with E-state index in [0.717, 1.165) is 18.3 Å². The Kier molecular flexibility index (Phi) is 5.54. The summed E-state index contributed by atoms with van der Waals surface area (Å²) >= 11 is 0. The lowest BCUT2D eigenvalue weighted by atomic mass is 9.82. The quantitative estimate of drug-likeness (QED) is 0.713. The third-order valence-electron chi connectivity index (χ3n) is 3.54. The summed E-state index contributed by atoms with van der Waals surface area (Å²) in [5.41, 5.74) is 0. The van der Waals surface area contributed by atoms with Gasteiger partial charge in [-0.2, -0.15) is 0 Å². The lowest BCUT2D eigenvalue weighted by molar-refractivity contribution is 0.169. The lowest BCUT2D eigenvalue weighted by Gasteiger charge is -2.24. The van der Waals surface area contributed by atoms with Gasteiger partial charge in [0.25, 0.3) is 0 Å². The van der Waals surface area contributed by atoms with Crippen LogP contribution in [0.4, 0.5) is 0 Å². The zero-order valence-electron chi connectivity index (χ0n) is 9.84. The molecule has 0 bridgehead atoms. The number of hydrogen-bond donors (Lipinski definition) is 1. The van der Waals surface area contributed by atoms with E-state index in [1.807, 2.05) is 6.92 Å². The predicted molar refractivity (Wildman–Crippen MR) is 61.3 cm³/mol. The Bertz CT molecular complexity index is 136. The van der Waals surface area contributed by atoms with E-state index in [2.05, 4.69) is 6.92 Å². The highest BCUT2D eigenvalue weighted by atomic mass is 16.3. The number of rotatable bonds is 5. The first-order chi connectivity index (χ1) is 6.68. The van der Waals surface area contributed by atoms with Crippen molar-refractivity contribution in [1.82, 2.24) is 0 Å². The highest BCUT2D eigenvalue weighted by Gasteiger charge is 2.16. The molecule has 0 amide bonds. The van der Waals surface area contributed by atoms with Crippen LogP contribution in [-0.4, -0.2) is 11.2 Å². The minimum Gasteiger partial charge on any atom is -0.393 e. The summed E-state index contributed by atoms with van der Waals surface area (Å²) in [7, 11) is 0. The molecular weight excluding hydrogens is 172 g/mol. The van der Waals surface area contributed by atoms with Crippen LogP contribution in [0.5, 0.6) is 0 Å². The van der Waals surface area contributed by atoms with Gasteiger partial charge in [0.1, 0.15) is 0 Å². The fourth-order valence-corrected chi connectivity index (χ4v) is 2.64. The molecule has 0 spiro atoms. The summed E-state index contributed by atoms with van der Waals surface area (Å²) in [4.78, 5) is 0. The minimum absolute atomic E-state index is 0.108. The van der Waals surface area contributed by atoms with Crippen molar-refractivity contribution < 1.29 is 5.11 Å². The molecule has 0 aliphatic heterocycles. The zero-order valence-corrected chi connectivity index (χ0v) is 9.84. The Morgan fingerprint density at radius 1 is 1.07 bits per heavy atom. The fraction of sp³-hybridized carbons (Fsp3) is 1.00. The molecule has 1 N–H and O–H groups in total. The highest BCUT2D eigenvalue weighted by molar-refractivity contribution is 4.69. The first-order valence-corrected chi connectivity index (χ1v) is 6.36. The van der Waals surface area contributed by atoms with Crippen molar-refractivity contribution in [3.8, 4) is 0 Å². The molecule has 1 aliphatic carbocycles. The molecule has 0 aromatic rings. The van der Waals surface area contributed by atoms with Gasteiger partial charge in [-0.05, 0) is 38.0 Å².